The Morgan fingerprint density at radius 3 is 2.52 bits per heavy atom. The zero-order chi connectivity index (χ0) is 16.2. The predicted octanol–water partition coefficient (Wildman–Crippen LogP) is 4.03. The van der Waals surface area contributed by atoms with Gasteiger partial charge in [0.05, 0.1) is 11.7 Å². The molecule has 1 atom stereocenters. The van der Waals surface area contributed by atoms with Crippen LogP contribution in [-0.4, -0.2) is 27.8 Å². The van der Waals surface area contributed by atoms with E-state index in [2.05, 4.69) is 25.9 Å². The number of nitrogens with one attached hydrogen (secondary N) is 1. The molecule has 0 bridgehead atoms. The molecule has 0 radical (unpaired) electrons. The highest BCUT2D eigenvalue weighted by Gasteiger charge is 2.26. The van der Waals surface area contributed by atoms with Gasteiger partial charge in [-0.05, 0) is 39.7 Å². The lowest BCUT2D eigenvalue weighted by molar-refractivity contribution is 0.0747. The fraction of sp³-hybridized carbons (Fsp3) is 0.111. The summed E-state index contributed by atoms with van der Waals surface area (Å²) in [6.07, 6.45) is 3.49. The monoisotopic (exact) mass is 369 g/mol. The van der Waals surface area contributed by atoms with Gasteiger partial charge < -0.3 is 9.88 Å². The normalized spacial score (nSPS) is 11.9. The third-order valence-corrected chi connectivity index (χ3v) is 4.13. The number of pyridine rings is 1. The summed E-state index contributed by atoms with van der Waals surface area (Å²) >= 11 is 3.36. The lowest BCUT2D eigenvalue weighted by Gasteiger charge is -2.28. The van der Waals surface area contributed by atoms with Crippen molar-refractivity contribution in [3.63, 3.8) is 0 Å². The Labute approximate surface area is 143 Å². The Bertz CT molecular complexity index is 747. The minimum absolute atomic E-state index is 0.0878. The number of hydrogen-bond acceptors (Lipinski definition) is 2. The molecule has 1 amide bonds. The van der Waals surface area contributed by atoms with Gasteiger partial charge in [-0.3, -0.25) is 9.78 Å². The molecule has 4 nitrogen and oxygen atoms in total. The van der Waals surface area contributed by atoms with Gasteiger partial charge in [-0.25, -0.2) is 0 Å². The molecule has 0 unspecified atom stereocenters. The zero-order valence-corrected chi connectivity index (χ0v) is 14.2. The van der Waals surface area contributed by atoms with Crippen LogP contribution in [0.1, 0.15) is 27.8 Å². The number of halogens is 1. The minimum atomic E-state index is -0.244. The van der Waals surface area contributed by atoms with Gasteiger partial charge in [0.2, 0.25) is 0 Å². The van der Waals surface area contributed by atoms with Crippen LogP contribution in [0.5, 0.6) is 0 Å². The Balaban J connectivity index is 2.00. The predicted molar refractivity (Wildman–Crippen MR) is 93.1 cm³/mol. The van der Waals surface area contributed by atoms with E-state index in [1.54, 1.807) is 30.4 Å². The van der Waals surface area contributed by atoms with Crippen molar-refractivity contribution in [2.75, 3.05) is 7.05 Å². The van der Waals surface area contributed by atoms with Crippen LogP contribution in [0, 0.1) is 0 Å². The van der Waals surface area contributed by atoms with Crippen molar-refractivity contribution < 1.29 is 4.79 Å². The van der Waals surface area contributed by atoms with Crippen LogP contribution in [0.2, 0.25) is 0 Å². The Kier molecular flexibility index (Phi) is 4.57. The highest BCUT2D eigenvalue weighted by molar-refractivity contribution is 9.10. The van der Waals surface area contributed by atoms with Gasteiger partial charge in [-0.2, -0.15) is 0 Å². The van der Waals surface area contributed by atoms with Gasteiger partial charge in [0.25, 0.3) is 5.91 Å². The summed E-state index contributed by atoms with van der Waals surface area (Å²) in [4.78, 5) is 21.9. The first-order valence-corrected chi connectivity index (χ1v) is 8.03. The number of rotatable bonds is 4. The van der Waals surface area contributed by atoms with Gasteiger partial charge in [0.1, 0.15) is 5.69 Å². The van der Waals surface area contributed by atoms with Crippen LogP contribution in [0.3, 0.4) is 0 Å². The standard InChI is InChI=1S/C18H16BrN3O/c1-22(18(23)16-11-14(19)12-21-16)17(13-7-3-2-4-8-13)15-9-5-6-10-20-15/h2-12,17,21H,1H3/t17-/m0/s1. The first-order chi connectivity index (χ1) is 11.2. The second-order valence-corrected chi connectivity index (χ2v) is 6.13. The third kappa shape index (κ3) is 3.35. The maximum atomic E-state index is 12.8. The van der Waals surface area contributed by atoms with Gasteiger partial charge in [0, 0.05) is 23.9 Å². The van der Waals surface area contributed by atoms with Gasteiger partial charge >= 0.3 is 0 Å². The summed E-state index contributed by atoms with van der Waals surface area (Å²) in [7, 11) is 1.80. The minimum Gasteiger partial charge on any atom is -0.356 e. The van der Waals surface area contributed by atoms with Crippen molar-refractivity contribution in [1.82, 2.24) is 14.9 Å². The number of carbonyl (C=O) groups excluding carboxylic acids is 1. The van der Waals surface area contributed by atoms with Gasteiger partial charge in [-0.15, -0.1) is 0 Å². The van der Waals surface area contributed by atoms with E-state index in [-0.39, 0.29) is 11.9 Å². The van der Waals surface area contributed by atoms with Crippen LogP contribution >= 0.6 is 15.9 Å². The molecule has 0 aliphatic carbocycles. The number of carbonyl (C=O) groups is 1. The van der Waals surface area contributed by atoms with Crippen molar-refractivity contribution in [1.29, 1.82) is 0 Å². The highest BCUT2D eigenvalue weighted by atomic mass is 79.9. The second kappa shape index (κ2) is 6.79. The molecule has 1 N–H and O–H groups in total. The number of hydrogen-bond donors (Lipinski definition) is 1. The average molecular weight is 370 g/mol. The fourth-order valence-electron chi connectivity index (χ4n) is 2.56. The lowest BCUT2D eigenvalue weighted by Crippen LogP contribution is -2.32. The van der Waals surface area contributed by atoms with E-state index in [1.807, 2.05) is 48.5 Å². The first kappa shape index (κ1) is 15.5. The van der Waals surface area contributed by atoms with Crippen molar-refractivity contribution in [2.45, 2.75) is 6.04 Å². The first-order valence-electron chi connectivity index (χ1n) is 7.24. The smallest absolute Gasteiger partial charge is 0.270 e. The number of H-pyrrole nitrogens is 1. The molecule has 23 heavy (non-hydrogen) atoms. The Hall–Kier alpha value is -2.40. The van der Waals surface area contributed by atoms with Crippen molar-refractivity contribution in [2.24, 2.45) is 0 Å². The molecule has 5 heteroatoms. The van der Waals surface area contributed by atoms with Crippen LogP contribution in [0.25, 0.3) is 0 Å². The molecule has 0 saturated carbocycles. The molecule has 1 aromatic carbocycles. The number of amides is 1. The molecule has 0 fully saturated rings. The molecule has 2 aromatic heterocycles. The Morgan fingerprint density at radius 1 is 1.17 bits per heavy atom. The van der Waals surface area contributed by atoms with Crippen LogP contribution in [-0.2, 0) is 0 Å². The molecule has 0 aliphatic heterocycles. The summed E-state index contributed by atoms with van der Waals surface area (Å²) < 4.78 is 0.850. The maximum absolute atomic E-state index is 12.8. The van der Waals surface area contributed by atoms with E-state index in [0.717, 1.165) is 15.7 Å². The van der Waals surface area contributed by atoms with Gasteiger partial charge in [0.15, 0.2) is 0 Å². The quantitative estimate of drug-likeness (QED) is 0.754. The van der Waals surface area contributed by atoms with Crippen molar-refractivity contribution >= 4 is 21.8 Å². The fourth-order valence-corrected chi connectivity index (χ4v) is 2.91. The summed E-state index contributed by atoms with van der Waals surface area (Å²) in [5.74, 6) is -0.0878. The van der Waals surface area contributed by atoms with E-state index >= 15 is 0 Å². The summed E-state index contributed by atoms with van der Waals surface area (Å²) in [6.45, 7) is 0. The van der Waals surface area contributed by atoms with E-state index in [9.17, 15) is 4.79 Å². The molecule has 0 aliphatic rings. The summed E-state index contributed by atoms with van der Waals surface area (Å²) in [5.41, 5.74) is 2.39. The second-order valence-electron chi connectivity index (χ2n) is 5.22. The topological polar surface area (TPSA) is 49.0 Å². The largest absolute Gasteiger partial charge is 0.356 e. The average Bonchev–Trinajstić information content (AvgIpc) is 3.03. The van der Waals surface area contributed by atoms with Crippen LogP contribution in [0.15, 0.2) is 71.5 Å². The number of nitrogens with zero attached hydrogens (tertiary/aromatic N) is 2. The maximum Gasteiger partial charge on any atom is 0.270 e. The van der Waals surface area contributed by atoms with Gasteiger partial charge in [-0.1, -0.05) is 36.4 Å². The van der Waals surface area contributed by atoms with E-state index in [1.165, 1.54) is 0 Å². The summed E-state index contributed by atoms with van der Waals surface area (Å²) in [5, 5.41) is 0. The molecule has 116 valence electrons. The molecular weight excluding hydrogens is 354 g/mol. The van der Waals surface area contributed by atoms with E-state index < -0.39 is 0 Å². The van der Waals surface area contributed by atoms with Crippen molar-refractivity contribution in [3.8, 4) is 0 Å². The lowest BCUT2D eigenvalue weighted by atomic mass is 10.0. The van der Waals surface area contributed by atoms with E-state index in [4.69, 9.17) is 0 Å². The summed E-state index contributed by atoms with van der Waals surface area (Å²) in [6, 6.07) is 17.2. The number of aromatic amines is 1. The molecule has 0 spiro atoms. The molecular formula is C18H16BrN3O. The van der Waals surface area contributed by atoms with Crippen LogP contribution < -0.4 is 0 Å². The SMILES string of the molecule is CN(C(=O)c1cc(Br)c[nH]1)[C@@H](c1ccccc1)c1ccccn1. The van der Waals surface area contributed by atoms with Crippen LogP contribution in [0.4, 0.5) is 0 Å². The van der Waals surface area contributed by atoms with Crippen molar-refractivity contribution in [3.05, 3.63) is 88.4 Å². The third-order valence-electron chi connectivity index (χ3n) is 3.67. The number of benzene rings is 1. The highest BCUT2D eigenvalue weighted by Crippen LogP contribution is 2.27. The molecule has 3 aromatic rings. The molecule has 0 saturated heterocycles. The van der Waals surface area contributed by atoms with E-state index in [0.29, 0.717) is 5.69 Å². The molecule has 3 rings (SSSR count). The molecule has 2 heterocycles. The Morgan fingerprint density at radius 2 is 1.91 bits per heavy atom. The zero-order valence-electron chi connectivity index (χ0n) is 12.6. The number of aromatic nitrogens is 2.